The van der Waals surface area contributed by atoms with Crippen LogP contribution >= 0.6 is 15.9 Å². The van der Waals surface area contributed by atoms with E-state index in [2.05, 4.69) is 31.4 Å². The van der Waals surface area contributed by atoms with Crippen LogP contribution < -0.4 is 5.32 Å². The Balaban J connectivity index is 1.99. The number of benzene rings is 1. The Kier molecular flexibility index (Phi) is 4.63. The molecule has 0 spiro atoms. The molecule has 2 aromatic rings. The van der Waals surface area contributed by atoms with Gasteiger partial charge in [-0.05, 0) is 28.1 Å². The third-order valence-electron chi connectivity index (χ3n) is 2.84. The standard InChI is InChI=1S/C12H12BrN5O3/c1-17-7-15-16-11(17)4-5-14-12(19)8-2-3-9(13)10(6-8)18(20)21/h2-3,6-7H,4-5H2,1H3,(H,14,19). The summed E-state index contributed by atoms with van der Waals surface area (Å²) in [7, 11) is 1.81. The molecule has 0 atom stereocenters. The number of hydrogen-bond acceptors (Lipinski definition) is 5. The van der Waals surface area contributed by atoms with E-state index < -0.39 is 4.92 Å². The first kappa shape index (κ1) is 15.1. The van der Waals surface area contributed by atoms with Crippen molar-refractivity contribution in [1.82, 2.24) is 20.1 Å². The SMILES string of the molecule is Cn1cnnc1CCNC(=O)c1ccc(Br)c([N+](=O)[O-])c1. The number of nitrogens with zero attached hydrogens (tertiary/aromatic N) is 4. The van der Waals surface area contributed by atoms with Crippen molar-refractivity contribution >= 4 is 27.5 Å². The fourth-order valence-electron chi connectivity index (χ4n) is 1.72. The molecule has 0 saturated carbocycles. The van der Waals surface area contributed by atoms with Crippen LogP contribution in [-0.2, 0) is 13.5 Å². The number of nitrogens with one attached hydrogen (secondary N) is 1. The van der Waals surface area contributed by atoms with Crippen molar-refractivity contribution in [2.75, 3.05) is 6.54 Å². The molecule has 110 valence electrons. The number of amides is 1. The maximum atomic E-state index is 12.0. The topological polar surface area (TPSA) is 103 Å². The van der Waals surface area contributed by atoms with Gasteiger partial charge in [-0.3, -0.25) is 14.9 Å². The molecule has 21 heavy (non-hydrogen) atoms. The highest BCUT2D eigenvalue weighted by Crippen LogP contribution is 2.25. The molecule has 1 N–H and O–H groups in total. The average Bonchev–Trinajstić information content (AvgIpc) is 2.84. The van der Waals surface area contributed by atoms with Gasteiger partial charge in [-0.2, -0.15) is 0 Å². The van der Waals surface area contributed by atoms with Gasteiger partial charge < -0.3 is 9.88 Å². The molecule has 1 amide bonds. The van der Waals surface area contributed by atoms with E-state index in [0.717, 1.165) is 5.82 Å². The minimum absolute atomic E-state index is 0.143. The van der Waals surface area contributed by atoms with Crippen LogP contribution in [0.1, 0.15) is 16.2 Å². The van der Waals surface area contributed by atoms with Crippen molar-refractivity contribution in [1.29, 1.82) is 0 Å². The lowest BCUT2D eigenvalue weighted by Gasteiger charge is -2.05. The molecule has 1 heterocycles. The molecule has 0 aliphatic carbocycles. The number of aromatic nitrogens is 3. The Morgan fingerprint density at radius 1 is 1.52 bits per heavy atom. The fourth-order valence-corrected chi connectivity index (χ4v) is 2.11. The molecular weight excluding hydrogens is 342 g/mol. The zero-order chi connectivity index (χ0) is 15.4. The highest BCUT2D eigenvalue weighted by Gasteiger charge is 2.15. The van der Waals surface area contributed by atoms with Crippen LogP contribution in [0.3, 0.4) is 0 Å². The summed E-state index contributed by atoms with van der Waals surface area (Å²) in [5.74, 6) is 0.379. The number of nitro groups is 1. The molecular formula is C12H12BrN5O3. The molecule has 0 radical (unpaired) electrons. The average molecular weight is 354 g/mol. The fraction of sp³-hybridized carbons (Fsp3) is 0.250. The van der Waals surface area contributed by atoms with Crippen molar-refractivity contribution < 1.29 is 9.72 Å². The van der Waals surface area contributed by atoms with Crippen LogP contribution in [0.2, 0.25) is 0 Å². The molecule has 2 rings (SSSR count). The maximum absolute atomic E-state index is 12.0. The first-order chi connectivity index (χ1) is 9.99. The lowest BCUT2D eigenvalue weighted by Crippen LogP contribution is -2.26. The second-order valence-corrected chi connectivity index (χ2v) is 5.14. The molecule has 9 heteroatoms. The first-order valence-electron chi connectivity index (χ1n) is 6.04. The van der Waals surface area contributed by atoms with Crippen LogP contribution in [0.15, 0.2) is 29.0 Å². The number of hydrogen-bond donors (Lipinski definition) is 1. The van der Waals surface area contributed by atoms with Crippen molar-refractivity contribution in [2.24, 2.45) is 7.05 Å². The molecule has 8 nitrogen and oxygen atoms in total. The van der Waals surface area contributed by atoms with E-state index in [0.29, 0.717) is 17.4 Å². The normalized spacial score (nSPS) is 10.4. The quantitative estimate of drug-likeness (QED) is 0.647. The lowest BCUT2D eigenvalue weighted by atomic mass is 10.2. The van der Waals surface area contributed by atoms with Crippen molar-refractivity contribution in [3.8, 4) is 0 Å². The Morgan fingerprint density at radius 2 is 2.29 bits per heavy atom. The number of halogens is 1. The van der Waals surface area contributed by atoms with Crippen LogP contribution in [0.5, 0.6) is 0 Å². The maximum Gasteiger partial charge on any atom is 0.284 e. The molecule has 0 aliphatic rings. The monoisotopic (exact) mass is 353 g/mol. The molecule has 0 unspecified atom stereocenters. The van der Waals surface area contributed by atoms with Crippen molar-refractivity contribution in [2.45, 2.75) is 6.42 Å². The smallest absolute Gasteiger partial charge is 0.284 e. The first-order valence-corrected chi connectivity index (χ1v) is 6.83. The highest BCUT2D eigenvalue weighted by molar-refractivity contribution is 9.10. The lowest BCUT2D eigenvalue weighted by molar-refractivity contribution is -0.385. The van der Waals surface area contributed by atoms with Crippen LogP contribution in [0.4, 0.5) is 5.69 Å². The third-order valence-corrected chi connectivity index (χ3v) is 3.51. The van der Waals surface area contributed by atoms with Gasteiger partial charge in [0.15, 0.2) is 0 Å². The Bertz CT molecular complexity index is 685. The van der Waals surface area contributed by atoms with E-state index in [1.807, 2.05) is 7.05 Å². The van der Waals surface area contributed by atoms with E-state index >= 15 is 0 Å². The van der Waals surface area contributed by atoms with Gasteiger partial charge in [0, 0.05) is 31.6 Å². The minimum atomic E-state index is -0.541. The van der Waals surface area contributed by atoms with Crippen molar-refractivity contribution in [3.05, 3.63) is 50.5 Å². The van der Waals surface area contributed by atoms with Crippen molar-refractivity contribution in [3.63, 3.8) is 0 Å². The third kappa shape index (κ3) is 3.63. The van der Waals surface area contributed by atoms with Gasteiger partial charge in [0.1, 0.15) is 12.2 Å². The summed E-state index contributed by atoms with van der Waals surface area (Å²) in [6, 6.07) is 4.24. The zero-order valence-corrected chi connectivity index (χ0v) is 12.7. The van der Waals surface area contributed by atoms with E-state index in [9.17, 15) is 14.9 Å². The Morgan fingerprint density at radius 3 is 2.90 bits per heavy atom. The number of rotatable bonds is 5. The largest absolute Gasteiger partial charge is 0.352 e. The summed E-state index contributed by atoms with van der Waals surface area (Å²) in [6.07, 6.45) is 2.11. The van der Waals surface area contributed by atoms with Gasteiger partial charge in [0.25, 0.3) is 11.6 Å². The molecule has 0 saturated heterocycles. The van der Waals surface area contributed by atoms with E-state index in [-0.39, 0.29) is 17.2 Å². The Hall–Kier alpha value is -2.29. The number of aryl methyl sites for hydroxylation is 1. The van der Waals surface area contributed by atoms with E-state index in [1.165, 1.54) is 18.2 Å². The highest BCUT2D eigenvalue weighted by atomic mass is 79.9. The number of nitro benzene ring substituents is 1. The molecule has 0 aliphatic heterocycles. The van der Waals surface area contributed by atoms with Gasteiger partial charge in [-0.25, -0.2) is 0 Å². The molecule has 1 aromatic heterocycles. The second-order valence-electron chi connectivity index (χ2n) is 4.29. The Labute approximate surface area is 128 Å². The van der Waals surface area contributed by atoms with Gasteiger partial charge in [-0.15, -0.1) is 10.2 Å². The van der Waals surface area contributed by atoms with E-state index in [4.69, 9.17) is 0 Å². The van der Waals surface area contributed by atoms with Gasteiger partial charge >= 0.3 is 0 Å². The van der Waals surface area contributed by atoms with Crippen LogP contribution in [-0.4, -0.2) is 32.1 Å². The molecule has 0 bridgehead atoms. The van der Waals surface area contributed by atoms with Crippen LogP contribution in [0, 0.1) is 10.1 Å². The summed E-state index contributed by atoms with van der Waals surface area (Å²) in [5, 5.41) is 21.2. The predicted molar refractivity (Wildman–Crippen MR) is 77.8 cm³/mol. The zero-order valence-electron chi connectivity index (χ0n) is 11.1. The molecule has 1 aromatic carbocycles. The summed E-state index contributed by atoms with van der Waals surface area (Å²) in [6.45, 7) is 0.370. The summed E-state index contributed by atoms with van der Waals surface area (Å²) < 4.78 is 2.10. The predicted octanol–water partition coefficient (Wildman–Crippen LogP) is 1.46. The van der Waals surface area contributed by atoms with Crippen LogP contribution in [0.25, 0.3) is 0 Å². The summed E-state index contributed by atoms with van der Waals surface area (Å²) >= 11 is 3.08. The van der Waals surface area contributed by atoms with Gasteiger partial charge in [-0.1, -0.05) is 0 Å². The number of carbonyl (C=O) groups is 1. The minimum Gasteiger partial charge on any atom is -0.352 e. The summed E-state index contributed by atoms with van der Waals surface area (Å²) in [4.78, 5) is 22.2. The van der Waals surface area contributed by atoms with Gasteiger partial charge in [0.05, 0.1) is 9.40 Å². The van der Waals surface area contributed by atoms with Gasteiger partial charge in [0.2, 0.25) is 0 Å². The second kappa shape index (κ2) is 6.44. The summed E-state index contributed by atoms with van der Waals surface area (Å²) in [5.41, 5.74) is 0.0961. The number of carbonyl (C=O) groups excluding carboxylic acids is 1. The van der Waals surface area contributed by atoms with E-state index in [1.54, 1.807) is 10.9 Å². The molecule has 0 fully saturated rings.